The number of aliphatic hydroxyl groups is 19. The summed E-state index contributed by atoms with van der Waals surface area (Å²) in [4.78, 5) is 0. The summed E-state index contributed by atoms with van der Waals surface area (Å²) in [6, 6.07) is 0. The summed E-state index contributed by atoms with van der Waals surface area (Å²) in [6.07, 6.45) is -16.6. The van der Waals surface area contributed by atoms with Crippen molar-refractivity contribution in [2.24, 2.45) is 5.41 Å². The van der Waals surface area contributed by atoms with Crippen molar-refractivity contribution in [1.82, 2.24) is 0 Å². The van der Waals surface area contributed by atoms with Crippen LogP contribution in [0, 0.1) is 5.41 Å². The van der Waals surface area contributed by atoms with E-state index < -0.39 is 169 Å². The minimum absolute atomic E-state index is 0.0401. The Labute approximate surface area is 532 Å². The molecule has 0 radical (unpaired) electrons. The van der Waals surface area contributed by atoms with Gasteiger partial charge in [0.1, 0.15) is 85.5 Å². The van der Waals surface area contributed by atoms with Gasteiger partial charge in [0.05, 0.1) is 230 Å². The zero-order valence-electron chi connectivity index (χ0n) is 52.6. The van der Waals surface area contributed by atoms with Crippen molar-refractivity contribution in [3.63, 3.8) is 0 Å². The Hall–Kier alpha value is -1.40. The van der Waals surface area contributed by atoms with E-state index in [-0.39, 0.29) is 184 Å². The number of rotatable bonds is 70. The monoisotopic (exact) mass is 1350 g/mol. The van der Waals surface area contributed by atoms with E-state index in [0.29, 0.717) is 0 Å². The van der Waals surface area contributed by atoms with E-state index in [2.05, 4.69) is 0 Å². The summed E-state index contributed by atoms with van der Waals surface area (Å²) in [5.74, 6) is 0. The van der Waals surface area contributed by atoms with Gasteiger partial charge in [-0.2, -0.15) is 0 Å². The van der Waals surface area contributed by atoms with Gasteiger partial charge in [-0.05, 0) is 19.3 Å². The maximum Gasteiger partial charge on any atom is 0.104 e. The zero-order valence-corrected chi connectivity index (χ0v) is 52.6. The van der Waals surface area contributed by atoms with Crippen LogP contribution in [0.1, 0.15) is 26.2 Å². The SMILES string of the molecule is CCC(COCC(COCC(O)COCC(O)CO)OCC(CO)OCC(CO)OCC(O)CO)(COCC(COCC(O)CO)OCC(COCC(O)CO)OCCC(O)CO)COCC(COCC(O)CO)OCC(COCC(O)CO)OCCC(O)CO. The number of hydrogen-bond donors (Lipinski definition) is 19. The van der Waals surface area contributed by atoms with Gasteiger partial charge < -0.3 is 173 Å². The minimum Gasteiger partial charge on any atom is -0.394 e. The molecule has 35 nitrogen and oxygen atoms in total. The number of aliphatic hydroxyl groups excluding tert-OH is 19. The van der Waals surface area contributed by atoms with Gasteiger partial charge in [0.25, 0.3) is 0 Å². The molecule has 0 spiro atoms. The smallest absolute Gasteiger partial charge is 0.104 e. The van der Waals surface area contributed by atoms with Gasteiger partial charge in [0, 0.05) is 18.6 Å². The van der Waals surface area contributed by atoms with E-state index in [4.69, 9.17) is 86.0 Å². The van der Waals surface area contributed by atoms with Crippen LogP contribution in [-0.4, -0.2) is 426 Å². The molecule has 0 bridgehead atoms. The molecular weight excluding hydrogens is 1230 g/mol. The summed E-state index contributed by atoms with van der Waals surface area (Å²) in [6.45, 7) is -8.96. The third-order valence-corrected chi connectivity index (χ3v) is 12.9. The van der Waals surface area contributed by atoms with Crippen LogP contribution in [0.5, 0.6) is 0 Å². The first-order valence-corrected chi connectivity index (χ1v) is 30.5. The Morgan fingerprint density at radius 2 is 0.440 bits per heavy atom. The van der Waals surface area contributed by atoms with Crippen molar-refractivity contribution in [3.05, 3.63) is 0 Å². The molecule has 35 heteroatoms. The van der Waals surface area contributed by atoms with Gasteiger partial charge in [-0.1, -0.05) is 6.92 Å². The summed E-state index contributed by atoms with van der Waals surface area (Å²) >= 11 is 0. The molecule has 0 amide bonds. The fourth-order valence-electron chi connectivity index (χ4n) is 7.21. The highest BCUT2D eigenvalue weighted by Gasteiger charge is 2.33. The van der Waals surface area contributed by atoms with Crippen molar-refractivity contribution >= 4 is 0 Å². The Bertz CT molecular complexity index is 1450. The van der Waals surface area contributed by atoms with E-state index in [1.807, 2.05) is 6.92 Å². The number of ether oxygens (including phenoxy) is 16. The standard InChI is InChI=1S/C56H114O35/c1-2-56(38-83-31-52(25-77-18-43(70)10-60)90-35-54(28-79-20-45(72)12-62)85-5-3-40(67)7-57,39-84-32-53(26-78-19-44(71)11-61)91-36-55(29-80-21-46(73)13-63)86-6-4-41(68)8-58)37-82-30-51(27-81-23-48(75)22-76-17-42(69)9-59)89-34-50(16-66)88-33-49(15-65)87-24-47(74)14-64/h40-55,57-75H,2-39H2,1H3. The van der Waals surface area contributed by atoms with Crippen molar-refractivity contribution in [2.75, 3.05) is 231 Å². The summed E-state index contributed by atoms with van der Waals surface area (Å²) in [7, 11) is 0. The highest BCUT2D eigenvalue weighted by atomic mass is 16.6. The second kappa shape index (κ2) is 59.8. The predicted octanol–water partition coefficient (Wildman–Crippen LogP) is -9.82. The van der Waals surface area contributed by atoms with Crippen LogP contribution >= 0.6 is 0 Å². The lowest BCUT2D eigenvalue weighted by molar-refractivity contribution is -0.151. The molecule has 0 aromatic carbocycles. The van der Waals surface area contributed by atoms with Gasteiger partial charge in [0.2, 0.25) is 0 Å². The van der Waals surface area contributed by atoms with Gasteiger partial charge in [-0.25, -0.2) is 0 Å². The first-order chi connectivity index (χ1) is 43.8. The van der Waals surface area contributed by atoms with Crippen LogP contribution in [-0.2, 0) is 75.8 Å². The summed E-state index contributed by atoms with van der Waals surface area (Å²) < 4.78 is 94.0. The molecule has 0 saturated heterocycles. The van der Waals surface area contributed by atoms with E-state index in [1.54, 1.807) is 0 Å². The average Bonchev–Trinajstić information content (AvgIpc) is 3.53. The van der Waals surface area contributed by atoms with E-state index in [9.17, 15) is 86.8 Å². The lowest BCUT2D eigenvalue weighted by Crippen LogP contribution is -2.42. The molecule has 0 aliphatic carbocycles. The van der Waals surface area contributed by atoms with E-state index >= 15 is 0 Å². The maximum atomic E-state index is 10.6. The first-order valence-electron chi connectivity index (χ1n) is 30.5. The second-order valence-corrected chi connectivity index (χ2v) is 21.7. The third-order valence-electron chi connectivity index (χ3n) is 12.9. The quantitative estimate of drug-likeness (QED) is 0.0269. The van der Waals surface area contributed by atoms with Crippen molar-refractivity contribution in [2.45, 2.75) is 124 Å². The van der Waals surface area contributed by atoms with Crippen LogP contribution in [0.25, 0.3) is 0 Å². The fraction of sp³-hybridized carbons (Fsp3) is 1.00. The van der Waals surface area contributed by atoms with Gasteiger partial charge in [-0.15, -0.1) is 0 Å². The van der Waals surface area contributed by atoms with Gasteiger partial charge in [0.15, 0.2) is 0 Å². The number of hydrogen-bond acceptors (Lipinski definition) is 35. The van der Waals surface area contributed by atoms with E-state index in [0.717, 1.165) is 0 Å². The highest BCUT2D eigenvalue weighted by molar-refractivity contribution is 4.80. The molecule has 19 N–H and O–H groups in total. The molecule has 0 aliphatic rings. The Morgan fingerprint density at radius 3 is 0.714 bits per heavy atom. The third kappa shape index (κ3) is 49.7. The Kier molecular flexibility index (Phi) is 58.9. The van der Waals surface area contributed by atoms with Crippen molar-refractivity contribution in [1.29, 1.82) is 0 Å². The summed E-state index contributed by atoms with van der Waals surface area (Å²) in [5, 5.41) is 184. The molecule has 0 saturated carbocycles. The normalized spacial score (nSPS) is 18.3. The second-order valence-electron chi connectivity index (χ2n) is 21.7. The summed E-state index contributed by atoms with van der Waals surface area (Å²) in [5.41, 5.74) is -1.07. The minimum atomic E-state index is -1.24. The van der Waals surface area contributed by atoms with Crippen LogP contribution in [0.3, 0.4) is 0 Å². The van der Waals surface area contributed by atoms with Crippen LogP contribution in [0.15, 0.2) is 0 Å². The Balaban J connectivity index is 7.10. The largest absolute Gasteiger partial charge is 0.394 e. The molecule has 0 heterocycles. The van der Waals surface area contributed by atoms with Crippen molar-refractivity contribution < 1.29 is 173 Å². The lowest BCUT2D eigenvalue weighted by Gasteiger charge is -2.34. The van der Waals surface area contributed by atoms with Crippen LogP contribution < -0.4 is 0 Å². The van der Waals surface area contributed by atoms with Gasteiger partial charge >= 0.3 is 0 Å². The molecular formula is C56H114O35. The topological polar surface area (TPSA) is 532 Å². The molecule has 16 unspecified atom stereocenters. The van der Waals surface area contributed by atoms with Gasteiger partial charge in [-0.3, -0.25) is 0 Å². The fourth-order valence-corrected chi connectivity index (χ4v) is 7.21. The van der Waals surface area contributed by atoms with Crippen LogP contribution in [0.2, 0.25) is 0 Å². The predicted molar refractivity (Wildman–Crippen MR) is 312 cm³/mol. The molecule has 0 aliphatic heterocycles. The molecule has 0 aromatic rings. The molecule has 16 atom stereocenters. The average molecular weight is 1350 g/mol. The molecule has 0 aromatic heterocycles. The lowest BCUT2D eigenvalue weighted by atomic mass is 9.88. The maximum absolute atomic E-state index is 10.6. The molecule has 0 rings (SSSR count). The van der Waals surface area contributed by atoms with E-state index in [1.165, 1.54) is 0 Å². The molecule has 91 heavy (non-hydrogen) atoms. The molecule has 548 valence electrons. The highest BCUT2D eigenvalue weighted by Crippen LogP contribution is 2.25. The van der Waals surface area contributed by atoms with Crippen LogP contribution in [0.4, 0.5) is 0 Å². The first kappa shape index (κ1) is 89.6. The zero-order chi connectivity index (χ0) is 67.9. The Morgan fingerprint density at radius 1 is 0.220 bits per heavy atom. The molecule has 0 fully saturated rings. The van der Waals surface area contributed by atoms with Crippen molar-refractivity contribution in [3.8, 4) is 0 Å².